The Hall–Kier alpha value is -3.02. The molecule has 5 nitrogen and oxygen atoms in total. The number of benzene rings is 2. The number of fused-ring (bicyclic) bond motifs is 1. The molecule has 3 amide bonds. The second kappa shape index (κ2) is 5.88. The minimum atomic E-state index is -0.788. The molecule has 1 heterocycles. The molecule has 2 aromatic carbocycles. The van der Waals surface area contributed by atoms with Gasteiger partial charge in [-0.15, -0.1) is 0 Å². The Morgan fingerprint density at radius 2 is 1.88 bits per heavy atom. The number of halogens is 1. The first-order valence-electron chi connectivity index (χ1n) is 7.40. The maximum absolute atomic E-state index is 13.8. The Balaban J connectivity index is 1.79. The van der Waals surface area contributed by atoms with Gasteiger partial charge in [0.25, 0.3) is 11.8 Å². The highest BCUT2D eigenvalue weighted by atomic mass is 19.1. The minimum Gasteiger partial charge on any atom is -0.324 e. The Bertz CT molecular complexity index is 877. The lowest BCUT2D eigenvalue weighted by molar-refractivity contribution is -0.116. The molecule has 0 spiro atoms. The van der Waals surface area contributed by atoms with E-state index in [-0.39, 0.29) is 11.1 Å². The van der Waals surface area contributed by atoms with Crippen molar-refractivity contribution < 1.29 is 18.8 Å². The predicted molar refractivity (Wildman–Crippen MR) is 86.3 cm³/mol. The van der Waals surface area contributed by atoms with Gasteiger partial charge >= 0.3 is 0 Å². The molecule has 0 aromatic heterocycles. The maximum Gasteiger partial charge on any atom is 0.265 e. The van der Waals surface area contributed by atoms with E-state index >= 15 is 0 Å². The van der Waals surface area contributed by atoms with Gasteiger partial charge in [0.2, 0.25) is 5.91 Å². The summed E-state index contributed by atoms with van der Waals surface area (Å²) in [5, 5.41) is 2.68. The number of hydrogen-bond acceptors (Lipinski definition) is 3. The van der Waals surface area contributed by atoms with E-state index in [0.717, 1.165) is 22.1 Å². The lowest BCUT2D eigenvalue weighted by Crippen LogP contribution is -2.37. The molecule has 0 aliphatic carbocycles. The number of carbonyl (C=O) groups excluding carboxylic acids is 3. The molecule has 0 fully saturated rings. The molecule has 0 saturated heterocycles. The molecule has 1 aliphatic rings. The third-order valence-electron chi connectivity index (χ3n) is 3.92. The van der Waals surface area contributed by atoms with Crippen molar-refractivity contribution in [1.82, 2.24) is 4.90 Å². The van der Waals surface area contributed by atoms with E-state index in [1.165, 1.54) is 12.1 Å². The lowest BCUT2D eigenvalue weighted by atomic mass is 10.1. The van der Waals surface area contributed by atoms with Crippen LogP contribution in [0.15, 0.2) is 36.4 Å². The summed E-state index contributed by atoms with van der Waals surface area (Å²) in [5.74, 6) is -2.73. The fraction of sp³-hybridized carbons (Fsp3) is 0.167. The molecule has 24 heavy (non-hydrogen) atoms. The average molecular weight is 326 g/mol. The largest absolute Gasteiger partial charge is 0.324 e. The summed E-state index contributed by atoms with van der Waals surface area (Å²) >= 11 is 0. The third-order valence-corrected chi connectivity index (χ3v) is 3.92. The van der Waals surface area contributed by atoms with Crippen LogP contribution in [0.1, 0.15) is 31.8 Å². The molecule has 0 saturated carbocycles. The van der Waals surface area contributed by atoms with E-state index in [0.29, 0.717) is 5.69 Å². The van der Waals surface area contributed by atoms with Crippen molar-refractivity contribution >= 4 is 23.4 Å². The van der Waals surface area contributed by atoms with Crippen LogP contribution in [0.25, 0.3) is 0 Å². The second-order valence-electron chi connectivity index (χ2n) is 5.73. The molecule has 2 aromatic rings. The zero-order chi connectivity index (χ0) is 17.4. The SMILES string of the molecule is Cc1ccc(C)c(NC(=O)CN2C(=O)c3cccc(F)c3C2=O)c1. The summed E-state index contributed by atoms with van der Waals surface area (Å²) in [7, 11) is 0. The third kappa shape index (κ3) is 2.67. The van der Waals surface area contributed by atoms with Crippen LogP contribution >= 0.6 is 0 Å². The quantitative estimate of drug-likeness (QED) is 0.882. The summed E-state index contributed by atoms with van der Waals surface area (Å²) in [6, 6.07) is 9.43. The van der Waals surface area contributed by atoms with E-state index in [2.05, 4.69) is 5.32 Å². The van der Waals surface area contributed by atoms with Crippen LogP contribution in [0.2, 0.25) is 0 Å². The van der Waals surface area contributed by atoms with Gasteiger partial charge in [-0.05, 0) is 43.2 Å². The first-order valence-corrected chi connectivity index (χ1v) is 7.40. The first-order chi connectivity index (χ1) is 11.4. The Labute approximate surface area is 138 Å². The van der Waals surface area contributed by atoms with Gasteiger partial charge in [0.15, 0.2) is 0 Å². The van der Waals surface area contributed by atoms with Gasteiger partial charge < -0.3 is 5.32 Å². The fourth-order valence-electron chi connectivity index (χ4n) is 2.64. The number of amides is 3. The number of hydrogen-bond donors (Lipinski definition) is 1. The number of aryl methyl sites for hydroxylation is 2. The van der Waals surface area contributed by atoms with E-state index < -0.39 is 30.1 Å². The van der Waals surface area contributed by atoms with Crippen molar-refractivity contribution in [3.8, 4) is 0 Å². The lowest BCUT2D eigenvalue weighted by Gasteiger charge is -2.15. The van der Waals surface area contributed by atoms with Crippen LogP contribution in [0.5, 0.6) is 0 Å². The van der Waals surface area contributed by atoms with Crippen molar-refractivity contribution in [3.05, 3.63) is 64.5 Å². The Morgan fingerprint density at radius 3 is 2.58 bits per heavy atom. The standard InChI is InChI=1S/C18H15FN2O3/c1-10-6-7-11(2)14(8-10)20-15(22)9-21-17(23)12-4-3-5-13(19)16(12)18(21)24/h3-8H,9H2,1-2H3,(H,20,22). The van der Waals surface area contributed by atoms with Gasteiger partial charge in [-0.25, -0.2) is 4.39 Å². The maximum atomic E-state index is 13.8. The minimum absolute atomic E-state index is 0.0143. The monoisotopic (exact) mass is 326 g/mol. The molecule has 122 valence electrons. The summed E-state index contributed by atoms with van der Waals surface area (Å²) < 4.78 is 13.8. The number of anilines is 1. The highest BCUT2D eigenvalue weighted by Gasteiger charge is 2.38. The van der Waals surface area contributed by atoms with Crippen LogP contribution in [0.3, 0.4) is 0 Å². The number of nitrogens with one attached hydrogen (secondary N) is 1. The topological polar surface area (TPSA) is 66.5 Å². The van der Waals surface area contributed by atoms with Gasteiger partial charge in [-0.2, -0.15) is 0 Å². The smallest absolute Gasteiger partial charge is 0.265 e. The number of imide groups is 1. The molecule has 1 N–H and O–H groups in total. The normalized spacial score (nSPS) is 13.2. The van der Waals surface area contributed by atoms with Crippen molar-refractivity contribution in [2.75, 3.05) is 11.9 Å². The summed E-state index contributed by atoms with van der Waals surface area (Å²) in [6.07, 6.45) is 0. The predicted octanol–water partition coefficient (Wildman–Crippen LogP) is 2.68. The second-order valence-corrected chi connectivity index (χ2v) is 5.73. The van der Waals surface area contributed by atoms with Crippen molar-refractivity contribution in [2.24, 2.45) is 0 Å². The molecule has 0 bridgehead atoms. The molecule has 0 atom stereocenters. The first kappa shape index (κ1) is 15.9. The number of carbonyl (C=O) groups is 3. The van der Waals surface area contributed by atoms with Gasteiger partial charge in [0.1, 0.15) is 12.4 Å². The van der Waals surface area contributed by atoms with Gasteiger partial charge in [0.05, 0.1) is 11.1 Å². The van der Waals surface area contributed by atoms with E-state index in [4.69, 9.17) is 0 Å². The summed E-state index contributed by atoms with van der Waals surface area (Å²) in [6.45, 7) is 3.27. The Morgan fingerprint density at radius 1 is 1.12 bits per heavy atom. The zero-order valence-electron chi connectivity index (χ0n) is 13.2. The highest BCUT2D eigenvalue weighted by Crippen LogP contribution is 2.25. The zero-order valence-corrected chi connectivity index (χ0v) is 13.2. The highest BCUT2D eigenvalue weighted by molar-refractivity contribution is 6.22. The van der Waals surface area contributed by atoms with Crippen LogP contribution < -0.4 is 5.32 Å². The molecule has 0 unspecified atom stereocenters. The molecular weight excluding hydrogens is 311 g/mol. The van der Waals surface area contributed by atoms with Crippen LogP contribution in [-0.4, -0.2) is 29.2 Å². The van der Waals surface area contributed by atoms with Crippen molar-refractivity contribution in [2.45, 2.75) is 13.8 Å². The van der Waals surface area contributed by atoms with E-state index in [1.54, 1.807) is 6.07 Å². The Kier molecular flexibility index (Phi) is 3.89. The van der Waals surface area contributed by atoms with Crippen LogP contribution in [0, 0.1) is 19.7 Å². The molecule has 0 radical (unpaired) electrons. The van der Waals surface area contributed by atoms with E-state index in [9.17, 15) is 18.8 Å². The number of rotatable bonds is 3. The van der Waals surface area contributed by atoms with Crippen LogP contribution in [0.4, 0.5) is 10.1 Å². The van der Waals surface area contributed by atoms with Gasteiger partial charge in [-0.1, -0.05) is 18.2 Å². The summed E-state index contributed by atoms with van der Waals surface area (Å²) in [5.41, 5.74) is 2.16. The van der Waals surface area contributed by atoms with Crippen molar-refractivity contribution in [1.29, 1.82) is 0 Å². The molecule has 3 rings (SSSR count). The van der Waals surface area contributed by atoms with Gasteiger partial charge in [-0.3, -0.25) is 19.3 Å². The number of nitrogens with zero attached hydrogens (tertiary/aromatic N) is 1. The molecule has 6 heteroatoms. The summed E-state index contributed by atoms with van der Waals surface area (Å²) in [4.78, 5) is 37.4. The van der Waals surface area contributed by atoms with E-state index in [1.807, 2.05) is 26.0 Å². The van der Waals surface area contributed by atoms with Crippen molar-refractivity contribution in [3.63, 3.8) is 0 Å². The van der Waals surface area contributed by atoms with Crippen LogP contribution in [-0.2, 0) is 4.79 Å². The molecular formula is C18H15FN2O3. The fourth-order valence-corrected chi connectivity index (χ4v) is 2.64. The average Bonchev–Trinajstić information content (AvgIpc) is 2.77. The van der Waals surface area contributed by atoms with Gasteiger partial charge in [0, 0.05) is 5.69 Å². The molecule has 1 aliphatic heterocycles.